The third-order valence-electron chi connectivity index (χ3n) is 4.65. The first-order valence-electron chi connectivity index (χ1n) is 8.26. The van der Waals surface area contributed by atoms with Crippen LogP contribution in [0.3, 0.4) is 0 Å². The molecule has 1 fully saturated rings. The number of amides is 1. The molecule has 1 amide bonds. The quantitative estimate of drug-likeness (QED) is 0.803. The van der Waals surface area contributed by atoms with E-state index in [1.165, 1.54) is 5.56 Å². The maximum atomic E-state index is 12.1. The molecule has 0 aliphatic heterocycles. The molecule has 2 rings (SSSR count). The van der Waals surface area contributed by atoms with Gasteiger partial charge in [-0.2, -0.15) is 0 Å². The van der Waals surface area contributed by atoms with Gasteiger partial charge in [0.15, 0.2) is 0 Å². The minimum Gasteiger partial charge on any atom is -0.497 e. The Morgan fingerprint density at radius 1 is 1.41 bits per heavy atom. The van der Waals surface area contributed by atoms with Crippen LogP contribution in [0.5, 0.6) is 5.75 Å². The Morgan fingerprint density at radius 2 is 2.09 bits per heavy atom. The van der Waals surface area contributed by atoms with Gasteiger partial charge in [0.05, 0.1) is 13.2 Å². The number of benzene rings is 1. The summed E-state index contributed by atoms with van der Waals surface area (Å²) in [6.07, 6.45) is 1.03. The summed E-state index contributed by atoms with van der Waals surface area (Å²) >= 11 is 0. The molecule has 0 heterocycles. The lowest BCUT2D eigenvalue weighted by atomic mass is 10.0. The summed E-state index contributed by atoms with van der Waals surface area (Å²) in [4.78, 5) is 14.5. The van der Waals surface area contributed by atoms with Crippen LogP contribution in [-0.2, 0) is 4.79 Å². The summed E-state index contributed by atoms with van der Waals surface area (Å²) < 4.78 is 5.33. The lowest BCUT2D eigenvalue weighted by Crippen LogP contribution is -2.38. The number of carbonyl (C=O) groups is 1. The fourth-order valence-electron chi connectivity index (χ4n) is 2.99. The van der Waals surface area contributed by atoms with E-state index in [0.717, 1.165) is 25.3 Å². The Kier molecular flexibility index (Phi) is 5.83. The minimum atomic E-state index is 0.183. The number of rotatable bonds is 8. The van der Waals surface area contributed by atoms with Gasteiger partial charge in [0.2, 0.25) is 5.91 Å². The molecule has 22 heavy (non-hydrogen) atoms. The standard InChI is InChI=1S/C18H28N2O2/c1-5-20(6-2)17(12-19-18(21)16-10-13(16)3)14-8-7-9-15(11-14)22-4/h7-9,11,13,16-17H,5-6,10,12H2,1-4H3,(H,19,21). The van der Waals surface area contributed by atoms with E-state index >= 15 is 0 Å². The van der Waals surface area contributed by atoms with Gasteiger partial charge in [-0.1, -0.05) is 32.9 Å². The van der Waals surface area contributed by atoms with Gasteiger partial charge in [0.1, 0.15) is 5.75 Å². The van der Waals surface area contributed by atoms with Gasteiger partial charge < -0.3 is 10.1 Å². The Labute approximate surface area is 133 Å². The third-order valence-corrected chi connectivity index (χ3v) is 4.65. The van der Waals surface area contributed by atoms with Gasteiger partial charge >= 0.3 is 0 Å². The molecular formula is C18H28N2O2. The largest absolute Gasteiger partial charge is 0.497 e. The smallest absolute Gasteiger partial charge is 0.223 e. The van der Waals surface area contributed by atoms with E-state index in [9.17, 15) is 4.79 Å². The van der Waals surface area contributed by atoms with Gasteiger partial charge in [-0.25, -0.2) is 0 Å². The molecule has 0 aromatic heterocycles. The fraction of sp³-hybridized carbons (Fsp3) is 0.611. The summed E-state index contributed by atoms with van der Waals surface area (Å²) in [6, 6.07) is 8.32. The molecule has 0 saturated heterocycles. The third kappa shape index (κ3) is 4.01. The number of nitrogens with zero attached hydrogens (tertiary/aromatic N) is 1. The maximum absolute atomic E-state index is 12.1. The number of ether oxygens (including phenoxy) is 1. The molecule has 1 saturated carbocycles. The first kappa shape index (κ1) is 16.8. The highest BCUT2D eigenvalue weighted by Crippen LogP contribution is 2.37. The number of nitrogens with one attached hydrogen (secondary N) is 1. The fourth-order valence-corrected chi connectivity index (χ4v) is 2.99. The first-order chi connectivity index (χ1) is 10.6. The topological polar surface area (TPSA) is 41.6 Å². The molecule has 122 valence electrons. The van der Waals surface area contributed by atoms with Gasteiger partial charge in [-0.05, 0) is 43.1 Å². The second-order valence-electron chi connectivity index (χ2n) is 6.08. The molecule has 0 bridgehead atoms. The van der Waals surface area contributed by atoms with Crippen molar-refractivity contribution < 1.29 is 9.53 Å². The average molecular weight is 304 g/mol. The highest BCUT2D eigenvalue weighted by atomic mass is 16.5. The number of likely N-dealkylation sites (N-methyl/N-ethyl adjacent to an activating group) is 1. The summed E-state index contributed by atoms with van der Waals surface area (Å²) in [5.74, 6) is 1.83. The highest BCUT2D eigenvalue weighted by molar-refractivity contribution is 5.81. The molecule has 1 N–H and O–H groups in total. The number of methoxy groups -OCH3 is 1. The van der Waals surface area contributed by atoms with E-state index in [1.807, 2.05) is 12.1 Å². The lowest BCUT2D eigenvalue weighted by molar-refractivity contribution is -0.122. The van der Waals surface area contributed by atoms with Gasteiger partial charge in [0.25, 0.3) is 0 Å². The zero-order valence-corrected chi connectivity index (χ0v) is 14.1. The van der Waals surface area contributed by atoms with Crippen LogP contribution in [-0.4, -0.2) is 37.6 Å². The summed E-state index contributed by atoms with van der Waals surface area (Å²) in [7, 11) is 1.68. The molecule has 3 atom stereocenters. The van der Waals surface area contributed by atoms with Crippen LogP contribution in [0.4, 0.5) is 0 Å². The van der Waals surface area contributed by atoms with E-state index in [0.29, 0.717) is 12.5 Å². The van der Waals surface area contributed by atoms with Crippen LogP contribution in [0.1, 0.15) is 38.8 Å². The molecule has 3 unspecified atom stereocenters. The first-order valence-corrected chi connectivity index (χ1v) is 8.26. The zero-order valence-electron chi connectivity index (χ0n) is 14.1. The van der Waals surface area contributed by atoms with Crippen molar-refractivity contribution >= 4 is 5.91 Å². The predicted molar refractivity (Wildman–Crippen MR) is 88.9 cm³/mol. The second-order valence-corrected chi connectivity index (χ2v) is 6.08. The van der Waals surface area contributed by atoms with Gasteiger partial charge in [-0.15, -0.1) is 0 Å². The summed E-state index contributed by atoms with van der Waals surface area (Å²) in [5, 5.41) is 3.14. The number of carbonyl (C=O) groups excluding carboxylic acids is 1. The van der Waals surface area contributed by atoms with Crippen molar-refractivity contribution in [2.75, 3.05) is 26.7 Å². The van der Waals surface area contributed by atoms with Crippen LogP contribution < -0.4 is 10.1 Å². The van der Waals surface area contributed by atoms with Crippen molar-refractivity contribution in [1.29, 1.82) is 0 Å². The number of hydrogen-bond donors (Lipinski definition) is 1. The van der Waals surface area contributed by atoms with Crippen LogP contribution in [0.2, 0.25) is 0 Å². The summed E-state index contributed by atoms with van der Waals surface area (Å²) in [5.41, 5.74) is 1.19. The van der Waals surface area contributed by atoms with E-state index < -0.39 is 0 Å². The molecule has 1 aliphatic rings. The predicted octanol–water partition coefficient (Wildman–Crippen LogP) is 2.85. The van der Waals surface area contributed by atoms with Crippen LogP contribution in [0.25, 0.3) is 0 Å². The molecule has 1 aliphatic carbocycles. The molecule has 1 aromatic rings. The van der Waals surface area contributed by atoms with E-state index in [1.54, 1.807) is 7.11 Å². The van der Waals surface area contributed by atoms with Crippen LogP contribution >= 0.6 is 0 Å². The molecule has 0 spiro atoms. The van der Waals surface area contributed by atoms with E-state index in [-0.39, 0.29) is 17.9 Å². The van der Waals surface area contributed by atoms with Crippen molar-refractivity contribution in [2.24, 2.45) is 11.8 Å². The molecule has 4 heteroatoms. The SMILES string of the molecule is CCN(CC)C(CNC(=O)C1CC1C)c1cccc(OC)c1. The normalized spacial score (nSPS) is 21.5. The maximum Gasteiger partial charge on any atom is 0.223 e. The minimum absolute atomic E-state index is 0.183. The van der Waals surface area contributed by atoms with Gasteiger partial charge in [-0.3, -0.25) is 9.69 Å². The van der Waals surface area contributed by atoms with Crippen LogP contribution in [0, 0.1) is 11.8 Å². The Bertz CT molecular complexity index is 500. The Hall–Kier alpha value is -1.55. The van der Waals surface area contributed by atoms with Crippen molar-refractivity contribution in [3.8, 4) is 5.75 Å². The Balaban J connectivity index is 2.09. The van der Waals surface area contributed by atoms with E-state index in [4.69, 9.17) is 4.74 Å². The molecule has 4 nitrogen and oxygen atoms in total. The van der Waals surface area contributed by atoms with Crippen molar-refractivity contribution in [3.05, 3.63) is 29.8 Å². The molecule has 1 aromatic carbocycles. The lowest BCUT2D eigenvalue weighted by Gasteiger charge is -2.30. The van der Waals surface area contributed by atoms with Crippen molar-refractivity contribution in [1.82, 2.24) is 10.2 Å². The second kappa shape index (κ2) is 7.63. The summed E-state index contributed by atoms with van der Waals surface area (Å²) in [6.45, 7) is 9.00. The Morgan fingerprint density at radius 3 is 2.64 bits per heavy atom. The average Bonchev–Trinajstić information content (AvgIpc) is 3.28. The van der Waals surface area contributed by atoms with Crippen molar-refractivity contribution in [3.63, 3.8) is 0 Å². The monoisotopic (exact) mass is 304 g/mol. The van der Waals surface area contributed by atoms with Gasteiger partial charge in [0, 0.05) is 12.5 Å². The highest BCUT2D eigenvalue weighted by Gasteiger charge is 2.39. The van der Waals surface area contributed by atoms with E-state index in [2.05, 4.69) is 43.1 Å². The molecular weight excluding hydrogens is 276 g/mol. The van der Waals surface area contributed by atoms with Crippen molar-refractivity contribution in [2.45, 2.75) is 33.2 Å². The van der Waals surface area contributed by atoms with Crippen LogP contribution in [0.15, 0.2) is 24.3 Å². The molecule has 0 radical (unpaired) electrons. The number of hydrogen-bond acceptors (Lipinski definition) is 3. The zero-order chi connectivity index (χ0) is 16.1.